The molecule has 0 spiro atoms. The van der Waals surface area contributed by atoms with Crippen LogP contribution in [0.1, 0.15) is 0 Å². The van der Waals surface area contributed by atoms with Crippen molar-refractivity contribution in [2.45, 2.75) is 4.90 Å². The van der Waals surface area contributed by atoms with Crippen molar-refractivity contribution >= 4 is 24.2 Å². The van der Waals surface area contributed by atoms with Crippen LogP contribution in [0.15, 0.2) is 23.1 Å². The zero-order valence-electron chi connectivity index (χ0n) is 10.2. The molecule has 0 bridgehead atoms. The molecule has 0 unspecified atom stereocenters. The smallest absolute Gasteiger partial charge is 0.133 e. The molecule has 1 aliphatic rings. The molecule has 1 fully saturated rings. The first-order valence-corrected chi connectivity index (χ1v) is 9.01. The molecule has 2 rings (SSSR count). The number of hydrogen-bond acceptors (Lipinski definition) is 4. The van der Waals surface area contributed by atoms with E-state index >= 15 is 0 Å². The summed E-state index contributed by atoms with van der Waals surface area (Å²) >= 11 is 1.65. The van der Waals surface area contributed by atoms with Crippen LogP contribution in [-0.2, 0) is 4.57 Å². The Balaban J connectivity index is 2.35. The molecule has 0 saturated carbocycles. The number of ether oxygens (including phenoxy) is 1. The van der Waals surface area contributed by atoms with Gasteiger partial charge in [0.25, 0.3) is 0 Å². The van der Waals surface area contributed by atoms with E-state index in [4.69, 9.17) is 4.74 Å². The zero-order valence-corrected chi connectivity index (χ0v) is 11.9. The monoisotopic (exact) mass is 271 g/mol. The van der Waals surface area contributed by atoms with E-state index in [1.807, 2.05) is 24.5 Å². The molecule has 1 N–H and O–H groups in total. The summed E-state index contributed by atoms with van der Waals surface area (Å²) in [6, 6.07) is 5.97. The summed E-state index contributed by atoms with van der Waals surface area (Å²) in [4.78, 5) is 1.10. The minimum Gasteiger partial charge on any atom is -0.496 e. The Labute approximate surface area is 107 Å². The third-order valence-corrected chi connectivity index (χ3v) is 7.03. The molecule has 0 atom stereocenters. The second-order valence-electron chi connectivity index (χ2n) is 4.13. The minimum absolute atomic E-state index is 0.759. The van der Waals surface area contributed by atoms with Crippen LogP contribution < -0.4 is 15.4 Å². The molecule has 1 aliphatic heterocycles. The molecule has 0 aromatic heterocycles. The summed E-state index contributed by atoms with van der Waals surface area (Å²) in [5.74, 6) is 0.837. The van der Waals surface area contributed by atoms with Crippen molar-refractivity contribution in [3.05, 3.63) is 18.2 Å². The van der Waals surface area contributed by atoms with Crippen molar-refractivity contribution in [1.29, 1.82) is 0 Å². The molecule has 94 valence electrons. The summed E-state index contributed by atoms with van der Waals surface area (Å²) in [5.41, 5.74) is 0. The second kappa shape index (κ2) is 5.47. The number of rotatable bonds is 3. The molecule has 3 nitrogen and oxygen atoms in total. The van der Waals surface area contributed by atoms with Crippen LogP contribution >= 0.6 is 18.9 Å². The Morgan fingerprint density at radius 2 is 2.06 bits per heavy atom. The number of nitrogens with one attached hydrogen (secondary N) is 1. The van der Waals surface area contributed by atoms with Crippen molar-refractivity contribution in [2.24, 2.45) is 0 Å². The highest BCUT2D eigenvalue weighted by Crippen LogP contribution is 2.46. The summed E-state index contributed by atoms with van der Waals surface area (Å²) in [7, 11) is -0.524. The molecular weight excluding hydrogens is 253 g/mol. The van der Waals surface area contributed by atoms with E-state index in [1.54, 1.807) is 18.9 Å². The van der Waals surface area contributed by atoms with Gasteiger partial charge in [-0.15, -0.1) is 11.8 Å². The predicted molar refractivity (Wildman–Crippen MR) is 74.6 cm³/mol. The molecule has 5 heteroatoms. The lowest BCUT2D eigenvalue weighted by Gasteiger charge is -2.24. The van der Waals surface area contributed by atoms with Gasteiger partial charge in [-0.2, -0.15) is 0 Å². The van der Waals surface area contributed by atoms with E-state index in [-0.39, 0.29) is 0 Å². The van der Waals surface area contributed by atoms with E-state index < -0.39 is 7.14 Å². The highest BCUT2D eigenvalue weighted by Gasteiger charge is 2.27. The molecule has 1 saturated heterocycles. The molecule has 0 amide bonds. The maximum Gasteiger partial charge on any atom is 0.133 e. The fourth-order valence-corrected chi connectivity index (χ4v) is 5.12. The Morgan fingerprint density at radius 1 is 1.35 bits per heavy atom. The zero-order chi connectivity index (χ0) is 12.3. The molecule has 0 aliphatic carbocycles. The summed E-state index contributed by atoms with van der Waals surface area (Å²) in [6.45, 7) is 1.70. The van der Waals surface area contributed by atoms with Crippen molar-refractivity contribution in [2.75, 3.05) is 38.8 Å². The average molecular weight is 271 g/mol. The standard InChI is InChI=1S/C12H18NO2PS/c1-15-11-9-10(3-4-12(11)17-2)16(14)7-5-13-6-8-16/h3-4,9,13H,5-8H2,1-2H3. The van der Waals surface area contributed by atoms with Crippen molar-refractivity contribution < 1.29 is 9.30 Å². The van der Waals surface area contributed by atoms with Crippen molar-refractivity contribution in [3.63, 3.8) is 0 Å². The first-order valence-electron chi connectivity index (χ1n) is 5.71. The first kappa shape index (κ1) is 13.0. The summed E-state index contributed by atoms with van der Waals surface area (Å²) in [5, 5.41) is 4.22. The minimum atomic E-state index is -2.19. The van der Waals surface area contributed by atoms with Gasteiger partial charge in [0.2, 0.25) is 0 Å². The maximum atomic E-state index is 12.8. The van der Waals surface area contributed by atoms with Crippen LogP contribution in [0.3, 0.4) is 0 Å². The fourth-order valence-electron chi connectivity index (χ4n) is 2.09. The SMILES string of the molecule is COc1cc(P2(=O)CCNCC2)ccc1SC. The average Bonchev–Trinajstić information content (AvgIpc) is 2.38. The highest BCUT2D eigenvalue weighted by atomic mass is 32.2. The lowest BCUT2D eigenvalue weighted by Crippen LogP contribution is -2.32. The van der Waals surface area contributed by atoms with E-state index in [0.29, 0.717) is 0 Å². The van der Waals surface area contributed by atoms with Gasteiger partial charge in [0.15, 0.2) is 0 Å². The quantitative estimate of drug-likeness (QED) is 0.674. The number of thioether (sulfide) groups is 1. The van der Waals surface area contributed by atoms with Crippen molar-refractivity contribution in [1.82, 2.24) is 5.32 Å². The van der Waals surface area contributed by atoms with Crippen LogP contribution in [0.25, 0.3) is 0 Å². The summed E-state index contributed by atoms with van der Waals surface area (Å²) < 4.78 is 18.2. The van der Waals surface area contributed by atoms with Gasteiger partial charge in [-0.05, 0) is 18.4 Å². The first-order chi connectivity index (χ1) is 8.19. The van der Waals surface area contributed by atoms with Crippen LogP contribution in [0.2, 0.25) is 0 Å². The Bertz CT molecular complexity index is 440. The largest absolute Gasteiger partial charge is 0.496 e. The van der Waals surface area contributed by atoms with Gasteiger partial charge < -0.3 is 14.6 Å². The lowest BCUT2D eigenvalue weighted by molar-refractivity contribution is 0.405. The van der Waals surface area contributed by atoms with Crippen molar-refractivity contribution in [3.8, 4) is 5.75 Å². The van der Waals surface area contributed by atoms with Gasteiger partial charge in [-0.1, -0.05) is 6.07 Å². The molecule has 0 radical (unpaired) electrons. The highest BCUT2D eigenvalue weighted by molar-refractivity contribution is 7.98. The third-order valence-electron chi connectivity index (χ3n) is 3.14. The van der Waals surface area contributed by atoms with Crippen LogP contribution in [-0.4, -0.2) is 38.8 Å². The van der Waals surface area contributed by atoms with E-state index in [0.717, 1.165) is 41.4 Å². The molecule has 1 aromatic rings. The Kier molecular flexibility index (Phi) is 4.18. The summed E-state index contributed by atoms with van der Waals surface area (Å²) in [6.07, 6.45) is 3.54. The number of benzene rings is 1. The maximum absolute atomic E-state index is 12.8. The molecule has 17 heavy (non-hydrogen) atoms. The van der Waals surface area contributed by atoms with Gasteiger partial charge in [0.05, 0.1) is 7.11 Å². The van der Waals surface area contributed by atoms with Crippen LogP contribution in [0.5, 0.6) is 5.75 Å². The van der Waals surface area contributed by atoms with E-state index in [2.05, 4.69) is 5.32 Å². The second-order valence-corrected chi connectivity index (χ2v) is 8.16. The Hall–Kier alpha value is -0.440. The third kappa shape index (κ3) is 2.70. The van der Waals surface area contributed by atoms with Gasteiger partial charge in [0, 0.05) is 35.6 Å². The van der Waals surface area contributed by atoms with Gasteiger partial charge >= 0.3 is 0 Å². The van der Waals surface area contributed by atoms with Gasteiger partial charge in [-0.25, -0.2) is 0 Å². The van der Waals surface area contributed by atoms with Gasteiger partial charge in [0.1, 0.15) is 12.9 Å². The number of methoxy groups -OCH3 is 1. The van der Waals surface area contributed by atoms with Crippen LogP contribution in [0.4, 0.5) is 0 Å². The molecular formula is C12H18NO2PS. The molecule has 1 heterocycles. The topological polar surface area (TPSA) is 38.3 Å². The van der Waals surface area contributed by atoms with Gasteiger partial charge in [-0.3, -0.25) is 0 Å². The normalized spacial score (nSPS) is 18.9. The predicted octanol–water partition coefficient (Wildman–Crippen LogP) is 2.01. The Morgan fingerprint density at radius 3 is 2.65 bits per heavy atom. The lowest BCUT2D eigenvalue weighted by atomic mass is 10.3. The number of hydrogen-bond donors (Lipinski definition) is 1. The molecule has 1 aromatic carbocycles. The van der Waals surface area contributed by atoms with E-state index in [1.165, 1.54) is 0 Å². The fraction of sp³-hybridized carbons (Fsp3) is 0.500. The van der Waals surface area contributed by atoms with E-state index in [9.17, 15) is 4.57 Å². The van der Waals surface area contributed by atoms with Crippen LogP contribution in [0, 0.1) is 0 Å².